The minimum absolute atomic E-state index is 0.00413. The topological polar surface area (TPSA) is 81.2 Å². The summed E-state index contributed by atoms with van der Waals surface area (Å²) < 4.78 is -1.34. The van der Waals surface area contributed by atoms with Crippen LogP contribution in [0.25, 0.3) is 0 Å². The monoisotopic (exact) mass is 593 g/mol. The molecule has 9 heteroatoms. The molecule has 2 bridgehead atoms. The van der Waals surface area contributed by atoms with E-state index in [0.29, 0.717) is 30.1 Å². The lowest BCUT2D eigenvalue weighted by Gasteiger charge is -2.38. The first-order valence-electron chi connectivity index (χ1n) is 13.9. The molecule has 2 aromatic rings. The SMILES string of the molecule is C=CCN(C(=O)[C@@H]1[C@H]2C(=O)N(CCO)C(C(=O)N(CC=C)c3c(C)cccc3Cl)C23CC[C@@]1(C)S3)c1ccccc1. The number of aliphatic hydroxyl groups is 1. The van der Waals surface area contributed by atoms with Gasteiger partial charge in [-0.3, -0.25) is 14.4 Å². The van der Waals surface area contributed by atoms with Crippen LogP contribution in [0.1, 0.15) is 25.3 Å². The quantitative estimate of drug-likeness (QED) is 0.398. The number of anilines is 2. The fraction of sp³-hybridized carbons (Fsp3) is 0.406. The van der Waals surface area contributed by atoms with E-state index in [4.69, 9.17) is 11.6 Å². The van der Waals surface area contributed by atoms with Crippen LogP contribution in [0.4, 0.5) is 11.4 Å². The number of aryl methyl sites for hydroxylation is 1. The summed E-state index contributed by atoms with van der Waals surface area (Å²) in [6.07, 6.45) is 4.63. The first kappa shape index (κ1) is 29.4. The van der Waals surface area contributed by atoms with Crippen molar-refractivity contribution in [2.24, 2.45) is 11.8 Å². The predicted molar refractivity (Wildman–Crippen MR) is 165 cm³/mol. The molecule has 3 heterocycles. The minimum atomic E-state index is -0.864. The summed E-state index contributed by atoms with van der Waals surface area (Å²) in [7, 11) is 0. The van der Waals surface area contributed by atoms with Gasteiger partial charge in [-0.05, 0) is 50.5 Å². The van der Waals surface area contributed by atoms with Crippen molar-refractivity contribution in [3.63, 3.8) is 0 Å². The molecule has 0 radical (unpaired) electrons. The van der Waals surface area contributed by atoms with Crippen LogP contribution in [0.5, 0.6) is 0 Å². The van der Waals surface area contributed by atoms with Crippen LogP contribution >= 0.6 is 23.4 Å². The number of β-amino-alcohol motifs (C(OH)–C–C–N with tert-alkyl or cyclic N) is 1. The van der Waals surface area contributed by atoms with Gasteiger partial charge in [-0.1, -0.05) is 54.1 Å². The zero-order valence-electron chi connectivity index (χ0n) is 23.5. The van der Waals surface area contributed by atoms with Crippen LogP contribution in [-0.4, -0.2) is 69.5 Å². The molecule has 2 aromatic carbocycles. The Morgan fingerprint density at radius 3 is 2.39 bits per heavy atom. The van der Waals surface area contributed by atoms with Crippen molar-refractivity contribution in [1.29, 1.82) is 0 Å². The van der Waals surface area contributed by atoms with E-state index >= 15 is 0 Å². The van der Waals surface area contributed by atoms with Crippen molar-refractivity contribution in [2.75, 3.05) is 36.0 Å². The van der Waals surface area contributed by atoms with Gasteiger partial charge in [0.25, 0.3) is 5.91 Å². The number of para-hydroxylation sites is 2. The molecule has 5 atom stereocenters. The van der Waals surface area contributed by atoms with E-state index < -0.39 is 27.4 Å². The number of fused-ring (bicyclic) bond motifs is 1. The lowest BCUT2D eigenvalue weighted by atomic mass is 9.66. The largest absolute Gasteiger partial charge is 0.395 e. The number of hydrogen-bond donors (Lipinski definition) is 1. The number of aliphatic hydroxyl groups excluding tert-OH is 1. The molecule has 0 saturated carbocycles. The van der Waals surface area contributed by atoms with Gasteiger partial charge in [0.05, 0.1) is 33.9 Å². The molecule has 3 fully saturated rings. The summed E-state index contributed by atoms with van der Waals surface area (Å²) in [6.45, 7) is 11.9. The number of amides is 3. The normalized spacial score (nSPS) is 28.0. The number of halogens is 1. The summed E-state index contributed by atoms with van der Waals surface area (Å²) in [5.41, 5.74) is 2.14. The average molecular weight is 594 g/mol. The van der Waals surface area contributed by atoms with Crippen molar-refractivity contribution in [2.45, 2.75) is 42.2 Å². The van der Waals surface area contributed by atoms with Crippen LogP contribution in [-0.2, 0) is 14.4 Å². The third-order valence-corrected chi connectivity index (χ3v) is 11.1. The van der Waals surface area contributed by atoms with Gasteiger partial charge in [-0.15, -0.1) is 24.9 Å². The molecule has 1 N–H and O–H groups in total. The van der Waals surface area contributed by atoms with E-state index in [9.17, 15) is 19.5 Å². The molecule has 2 unspecified atom stereocenters. The molecule has 0 aromatic heterocycles. The van der Waals surface area contributed by atoms with Gasteiger partial charge in [0.2, 0.25) is 11.8 Å². The maximum Gasteiger partial charge on any atom is 0.251 e. The predicted octanol–water partition coefficient (Wildman–Crippen LogP) is 4.86. The third-order valence-electron chi connectivity index (χ3n) is 8.80. The standard InChI is InChI=1S/C32H36ClN3O4S/c1-5-17-34(22-12-8-7-9-13-22)28(38)24-25-29(39)36(19-20-37)27(32(25)16-15-31(24,4)41-32)30(40)35(18-6-2)26-21(3)11-10-14-23(26)33/h5-14,24-25,27,37H,1-2,15-20H2,3-4H3/t24-,25-,27?,31+,32?/m0/s1. The number of nitrogens with zero attached hydrogens (tertiary/aromatic N) is 3. The van der Waals surface area contributed by atoms with Crippen LogP contribution < -0.4 is 9.80 Å². The molecular formula is C32H36ClN3O4S. The molecule has 3 amide bonds. The van der Waals surface area contributed by atoms with Crippen LogP contribution in [0, 0.1) is 18.8 Å². The molecule has 3 saturated heterocycles. The van der Waals surface area contributed by atoms with Crippen molar-refractivity contribution >= 4 is 52.5 Å². The lowest BCUT2D eigenvalue weighted by molar-refractivity contribution is -0.140. The summed E-state index contributed by atoms with van der Waals surface area (Å²) in [4.78, 5) is 48.2. The number of thioether (sulfide) groups is 1. The van der Waals surface area contributed by atoms with E-state index in [0.717, 1.165) is 11.3 Å². The maximum absolute atomic E-state index is 14.7. The number of rotatable bonds is 10. The Bertz CT molecular complexity index is 1370. The smallest absolute Gasteiger partial charge is 0.251 e. The summed E-state index contributed by atoms with van der Waals surface area (Å²) >= 11 is 8.23. The second-order valence-electron chi connectivity index (χ2n) is 11.2. The second kappa shape index (κ2) is 11.3. The van der Waals surface area contributed by atoms with E-state index in [1.54, 1.807) is 39.8 Å². The zero-order chi connectivity index (χ0) is 29.5. The molecule has 41 heavy (non-hydrogen) atoms. The molecule has 7 nitrogen and oxygen atoms in total. The Balaban J connectivity index is 1.60. The minimum Gasteiger partial charge on any atom is -0.395 e. The lowest BCUT2D eigenvalue weighted by Crippen LogP contribution is -2.55. The molecule has 5 rings (SSSR count). The Morgan fingerprint density at radius 2 is 1.76 bits per heavy atom. The van der Waals surface area contributed by atoms with Crippen molar-refractivity contribution in [3.05, 3.63) is 84.4 Å². The summed E-state index contributed by atoms with van der Waals surface area (Å²) in [5, 5.41) is 10.4. The fourth-order valence-electron chi connectivity index (χ4n) is 7.19. The highest BCUT2D eigenvalue weighted by Gasteiger charge is 2.77. The summed E-state index contributed by atoms with van der Waals surface area (Å²) in [5.74, 6) is -2.02. The first-order valence-corrected chi connectivity index (χ1v) is 15.1. The number of carbonyl (C=O) groups is 3. The van der Waals surface area contributed by atoms with Gasteiger partial charge in [-0.25, -0.2) is 0 Å². The molecule has 0 aliphatic carbocycles. The average Bonchev–Trinajstić information content (AvgIpc) is 3.52. The number of hydrogen-bond acceptors (Lipinski definition) is 5. The van der Waals surface area contributed by atoms with E-state index in [1.165, 1.54) is 4.90 Å². The molecule has 3 aliphatic heterocycles. The molecule has 1 spiro atoms. The molecule has 3 aliphatic rings. The number of likely N-dealkylation sites (tertiary alicyclic amines) is 1. The van der Waals surface area contributed by atoms with Gasteiger partial charge < -0.3 is 19.8 Å². The Labute approximate surface area is 250 Å². The van der Waals surface area contributed by atoms with Crippen LogP contribution in [0.2, 0.25) is 5.02 Å². The Kier molecular flexibility index (Phi) is 8.12. The molecule has 216 valence electrons. The van der Waals surface area contributed by atoms with Crippen molar-refractivity contribution in [1.82, 2.24) is 4.90 Å². The Hall–Kier alpha value is -3.07. The highest BCUT2D eigenvalue weighted by atomic mass is 35.5. The molecular weight excluding hydrogens is 558 g/mol. The zero-order valence-corrected chi connectivity index (χ0v) is 25.0. The van der Waals surface area contributed by atoms with E-state index in [-0.39, 0.29) is 37.4 Å². The van der Waals surface area contributed by atoms with Crippen molar-refractivity contribution in [3.8, 4) is 0 Å². The Morgan fingerprint density at radius 1 is 1.07 bits per heavy atom. The van der Waals surface area contributed by atoms with Gasteiger partial charge >= 0.3 is 0 Å². The van der Waals surface area contributed by atoms with Gasteiger partial charge in [-0.2, -0.15) is 0 Å². The van der Waals surface area contributed by atoms with Gasteiger partial charge in [0.15, 0.2) is 0 Å². The van der Waals surface area contributed by atoms with Gasteiger partial charge in [0.1, 0.15) is 6.04 Å². The highest BCUT2D eigenvalue weighted by Crippen LogP contribution is 2.71. The van der Waals surface area contributed by atoms with Gasteiger partial charge in [0, 0.05) is 30.1 Å². The first-order chi connectivity index (χ1) is 19.6. The van der Waals surface area contributed by atoms with Crippen LogP contribution in [0.3, 0.4) is 0 Å². The van der Waals surface area contributed by atoms with E-state index in [1.807, 2.05) is 49.4 Å². The highest BCUT2D eigenvalue weighted by molar-refractivity contribution is 8.02. The summed E-state index contributed by atoms with van der Waals surface area (Å²) in [6, 6.07) is 14.0. The number of carbonyl (C=O) groups excluding carboxylic acids is 3. The second-order valence-corrected chi connectivity index (χ2v) is 13.5. The van der Waals surface area contributed by atoms with Crippen molar-refractivity contribution < 1.29 is 19.5 Å². The number of benzene rings is 2. The third kappa shape index (κ3) is 4.60. The van der Waals surface area contributed by atoms with Crippen LogP contribution in [0.15, 0.2) is 73.8 Å². The fourth-order valence-corrected chi connectivity index (χ4v) is 9.86. The van der Waals surface area contributed by atoms with E-state index in [2.05, 4.69) is 20.1 Å². The maximum atomic E-state index is 14.7.